The zero-order valence-electron chi connectivity index (χ0n) is 23.8. The van der Waals surface area contributed by atoms with Crippen molar-refractivity contribution < 1.29 is 29.0 Å². The molecule has 44 heavy (non-hydrogen) atoms. The van der Waals surface area contributed by atoms with Gasteiger partial charge in [-0.25, -0.2) is 9.78 Å². The Balaban J connectivity index is 1.12. The minimum atomic E-state index is -0.988. The first kappa shape index (κ1) is 29.7. The average Bonchev–Trinajstić information content (AvgIpc) is 3.53. The van der Waals surface area contributed by atoms with Crippen molar-refractivity contribution in [2.24, 2.45) is 17.6 Å². The lowest BCUT2D eigenvalue weighted by molar-refractivity contribution is -0.126. The number of Topliss-reactive ketones (excluding diaryl/α,β-unsaturated/α-hetero) is 1. The smallest absolute Gasteiger partial charge is 0.335 e. The van der Waals surface area contributed by atoms with Gasteiger partial charge in [-0.05, 0) is 74.3 Å². The lowest BCUT2D eigenvalue weighted by Gasteiger charge is -2.30. The fourth-order valence-electron chi connectivity index (χ4n) is 6.80. The Kier molecular flexibility index (Phi) is 7.91. The normalized spacial score (nSPS) is 24.3. The number of thiazole rings is 1. The van der Waals surface area contributed by atoms with E-state index in [1.807, 2.05) is 0 Å². The molecule has 4 aliphatic rings. The van der Waals surface area contributed by atoms with Crippen LogP contribution in [-0.2, 0) is 19.1 Å². The van der Waals surface area contributed by atoms with E-state index in [1.54, 1.807) is 35.2 Å². The van der Waals surface area contributed by atoms with Crippen LogP contribution in [0.5, 0.6) is 0 Å². The number of anilines is 1. The van der Waals surface area contributed by atoms with Crippen molar-refractivity contribution in [3.8, 4) is 0 Å². The molecule has 3 aromatic rings. The summed E-state index contributed by atoms with van der Waals surface area (Å²) in [6, 6.07) is 8.33. The van der Waals surface area contributed by atoms with E-state index in [-0.39, 0.29) is 59.5 Å². The van der Waals surface area contributed by atoms with Gasteiger partial charge in [-0.15, -0.1) is 0 Å². The molecule has 12 heteroatoms. The summed E-state index contributed by atoms with van der Waals surface area (Å²) < 4.78 is 12.6. The van der Waals surface area contributed by atoms with Gasteiger partial charge in [-0.2, -0.15) is 0 Å². The fourth-order valence-corrected chi connectivity index (χ4v) is 8.52. The molecular formula is C32H31Cl2N3O6S. The van der Waals surface area contributed by atoms with Gasteiger partial charge in [0.2, 0.25) is 5.91 Å². The van der Waals surface area contributed by atoms with Crippen LogP contribution in [0.2, 0.25) is 10.0 Å². The number of ketones is 1. The highest BCUT2D eigenvalue weighted by atomic mass is 35.5. The van der Waals surface area contributed by atoms with Crippen LogP contribution in [0.4, 0.5) is 5.13 Å². The van der Waals surface area contributed by atoms with E-state index in [0.717, 1.165) is 41.5 Å². The van der Waals surface area contributed by atoms with Crippen LogP contribution in [0.25, 0.3) is 15.9 Å². The van der Waals surface area contributed by atoms with Gasteiger partial charge in [0.15, 0.2) is 10.9 Å². The fraction of sp³-hybridized carbons (Fsp3) is 0.438. The van der Waals surface area contributed by atoms with Crippen LogP contribution >= 0.6 is 34.5 Å². The summed E-state index contributed by atoms with van der Waals surface area (Å²) >= 11 is 14.2. The van der Waals surface area contributed by atoms with Crippen LogP contribution in [0.15, 0.2) is 35.9 Å². The minimum absolute atomic E-state index is 0.0303. The number of fused-ring (bicyclic) bond motifs is 3. The lowest BCUT2D eigenvalue weighted by atomic mass is 9.90. The van der Waals surface area contributed by atoms with Gasteiger partial charge in [0.25, 0.3) is 0 Å². The van der Waals surface area contributed by atoms with E-state index in [1.165, 1.54) is 11.3 Å². The molecule has 2 aromatic carbocycles. The minimum Gasteiger partial charge on any atom is -0.478 e. The molecule has 0 unspecified atom stereocenters. The molecule has 3 N–H and O–H groups in total. The second-order valence-electron chi connectivity index (χ2n) is 12.0. The number of carbonyl (C=O) groups is 3. The van der Waals surface area contributed by atoms with Crippen molar-refractivity contribution in [1.82, 2.24) is 4.98 Å². The second kappa shape index (κ2) is 11.7. The standard InChI is InChI=1S/C32H31Cl2N3O6S/c33-22-2-1-3-23(34)26(22)27(35)21(29(38)16-4-5-16)14-43-24-13-18-12-20(24)30(39)37(18)32-36-28-19(15-6-8-42-9-7-15)10-17(31(40)41)11-25(28)44-32/h1-3,10-11,15-16,18,20,24H,4-9,12-14,35H2,(H,40,41)/t18-,20+,24+/m0/s1. The van der Waals surface area contributed by atoms with E-state index in [9.17, 15) is 19.5 Å². The number of benzene rings is 2. The summed E-state index contributed by atoms with van der Waals surface area (Å²) in [5.41, 5.74) is 9.36. The zero-order chi connectivity index (χ0) is 30.7. The third-order valence-corrected chi connectivity index (χ3v) is 10.9. The molecule has 2 bridgehead atoms. The zero-order valence-corrected chi connectivity index (χ0v) is 26.1. The van der Waals surface area contributed by atoms with E-state index < -0.39 is 5.97 Å². The molecule has 230 valence electrons. The number of aromatic nitrogens is 1. The van der Waals surface area contributed by atoms with E-state index in [0.29, 0.717) is 52.4 Å². The summed E-state index contributed by atoms with van der Waals surface area (Å²) in [6.07, 6.45) is 4.05. The number of hydrogen-bond donors (Lipinski definition) is 2. The van der Waals surface area contributed by atoms with Crippen molar-refractivity contribution >= 4 is 73.2 Å². The first-order chi connectivity index (χ1) is 21.2. The molecule has 0 spiro atoms. The molecule has 2 saturated carbocycles. The molecule has 0 radical (unpaired) electrons. The Morgan fingerprint density at radius 3 is 2.50 bits per heavy atom. The largest absolute Gasteiger partial charge is 0.478 e. The maximum atomic E-state index is 13.7. The number of carboxylic acids is 1. The highest BCUT2D eigenvalue weighted by Crippen LogP contribution is 2.47. The highest BCUT2D eigenvalue weighted by Gasteiger charge is 2.53. The highest BCUT2D eigenvalue weighted by molar-refractivity contribution is 7.22. The number of carboxylic acid groups (broad SMARTS) is 1. The number of piperidine rings is 1. The Bertz CT molecular complexity index is 1690. The Morgan fingerprint density at radius 2 is 1.84 bits per heavy atom. The molecule has 3 atom stereocenters. The molecule has 4 fully saturated rings. The maximum absolute atomic E-state index is 13.7. The van der Waals surface area contributed by atoms with Crippen LogP contribution in [0.3, 0.4) is 0 Å². The maximum Gasteiger partial charge on any atom is 0.335 e. The predicted octanol–water partition coefficient (Wildman–Crippen LogP) is 6.05. The Labute approximate surface area is 267 Å². The summed E-state index contributed by atoms with van der Waals surface area (Å²) in [5, 5.41) is 11.0. The van der Waals surface area contributed by atoms with Crippen LogP contribution in [-0.4, -0.2) is 59.7 Å². The van der Waals surface area contributed by atoms with Crippen molar-refractivity contribution in [2.45, 2.75) is 56.6 Å². The Hall–Kier alpha value is -3.02. The number of halogens is 2. The molecule has 7 rings (SSSR count). The van der Waals surface area contributed by atoms with Crippen molar-refractivity contribution in [3.05, 3.63) is 62.6 Å². The van der Waals surface area contributed by atoms with Crippen LogP contribution in [0, 0.1) is 11.8 Å². The summed E-state index contributed by atoms with van der Waals surface area (Å²) in [7, 11) is 0. The number of aromatic carboxylic acids is 1. The van der Waals surface area contributed by atoms with Gasteiger partial charge in [0.1, 0.15) is 0 Å². The molecule has 2 aliphatic heterocycles. The number of carbonyl (C=O) groups excluding carboxylic acids is 2. The molecule has 2 aliphatic carbocycles. The molecule has 9 nitrogen and oxygen atoms in total. The van der Waals surface area contributed by atoms with E-state index in [4.69, 9.17) is 43.4 Å². The number of nitrogens with zero attached hydrogens (tertiary/aromatic N) is 2. The molecule has 3 heterocycles. The van der Waals surface area contributed by atoms with Gasteiger partial charge in [0.05, 0.1) is 50.2 Å². The first-order valence-corrected chi connectivity index (χ1v) is 16.5. The van der Waals surface area contributed by atoms with Crippen LogP contribution < -0.4 is 10.6 Å². The predicted molar refractivity (Wildman–Crippen MR) is 168 cm³/mol. The molecule has 2 saturated heterocycles. The summed E-state index contributed by atoms with van der Waals surface area (Å²) in [5.74, 6) is -1.44. The van der Waals surface area contributed by atoms with Crippen LogP contribution in [0.1, 0.15) is 65.9 Å². The number of amides is 1. The van der Waals surface area contributed by atoms with Gasteiger partial charge >= 0.3 is 5.97 Å². The summed E-state index contributed by atoms with van der Waals surface area (Å²) in [6.45, 7) is 1.21. The second-order valence-corrected chi connectivity index (χ2v) is 13.8. The lowest BCUT2D eigenvalue weighted by Crippen LogP contribution is -2.43. The van der Waals surface area contributed by atoms with Gasteiger partial charge in [-0.1, -0.05) is 40.6 Å². The van der Waals surface area contributed by atoms with E-state index >= 15 is 0 Å². The third-order valence-electron chi connectivity index (χ3n) is 9.27. The monoisotopic (exact) mass is 655 g/mol. The number of hydrogen-bond acceptors (Lipinski definition) is 8. The SMILES string of the molecule is NC(=C(CO[C@@H]1C[C@@H]2C[C@H]1C(=O)N2c1nc2c(C3CCOCC3)cc(C(=O)O)cc2s1)C(=O)C1CC1)c1c(Cl)cccc1Cl. The first-order valence-electron chi connectivity index (χ1n) is 14.9. The summed E-state index contributed by atoms with van der Waals surface area (Å²) in [4.78, 5) is 45.6. The molecule has 1 amide bonds. The van der Waals surface area contributed by atoms with Gasteiger partial charge in [-0.3, -0.25) is 14.5 Å². The Morgan fingerprint density at radius 1 is 1.11 bits per heavy atom. The third kappa shape index (κ3) is 5.30. The topological polar surface area (TPSA) is 132 Å². The average molecular weight is 657 g/mol. The van der Waals surface area contributed by atoms with E-state index in [2.05, 4.69) is 0 Å². The quantitative estimate of drug-likeness (QED) is 0.266. The van der Waals surface area contributed by atoms with Gasteiger partial charge in [0, 0.05) is 36.3 Å². The molecular weight excluding hydrogens is 625 g/mol. The van der Waals surface area contributed by atoms with Gasteiger partial charge < -0.3 is 20.3 Å². The number of ether oxygens (including phenoxy) is 2. The van der Waals surface area contributed by atoms with Crippen molar-refractivity contribution in [3.63, 3.8) is 0 Å². The number of nitrogens with two attached hydrogens (primary N) is 1. The molecule has 1 aromatic heterocycles. The number of rotatable bonds is 9. The van der Waals surface area contributed by atoms with Crippen molar-refractivity contribution in [2.75, 3.05) is 24.7 Å². The van der Waals surface area contributed by atoms with Crippen molar-refractivity contribution in [1.29, 1.82) is 0 Å².